The summed E-state index contributed by atoms with van der Waals surface area (Å²) in [6.07, 6.45) is 3.42. The molecule has 0 saturated heterocycles. The summed E-state index contributed by atoms with van der Waals surface area (Å²) in [5.74, 6) is 0.0741. The van der Waals surface area contributed by atoms with Crippen molar-refractivity contribution in [1.82, 2.24) is 5.32 Å². The van der Waals surface area contributed by atoms with Gasteiger partial charge >= 0.3 is 5.97 Å². The zero-order valence-corrected chi connectivity index (χ0v) is 11.3. The van der Waals surface area contributed by atoms with Crippen molar-refractivity contribution in [2.75, 3.05) is 13.7 Å². The number of nitrogens with one attached hydrogen (secondary N) is 1. The Hall–Kier alpha value is -1.39. The Morgan fingerprint density at radius 1 is 1.37 bits per heavy atom. The van der Waals surface area contributed by atoms with Gasteiger partial charge in [-0.1, -0.05) is 18.6 Å². The summed E-state index contributed by atoms with van der Waals surface area (Å²) < 4.78 is 4.66. The number of methoxy groups -OCH3 is 1. The molecule has 1 saturated carbocycles. The lowest BCUT2D eigenvalue weighted by atomic mass is 10.0. The largest absolute Gasteiger partial charge is 0.465 e. The molecule has 0 aliphatic heterocycles. The van der Waals surface area contributed by atoms with Gasteiger partial charge in [0.05, 0.1) is 12.7 Å². The topological polar surface area (TPSA) is 58.6 Å². The zero-order chi connectivity index (χ0) is 13.7. The summed E-state index contributed by atoms with van der Waals surface area (Å²) in [6.45, 7) is 1.03. The van der Waals surface area contributed by atoms with Crippen molar-refractivity contribution < 1.29 is 14.6 Å². The first kappa shape index (κ1) is 14.0. The monoisotopic (exact) mass is 263 g/mol. The molecule has 4 heteroatoms. The van der Waals surface area contributed by atoms with Gasteiger partial charge in [0.25, 0.3) is 0 Å². The van der Waals surface area contributed by atoms with Crippen LogP contribution in [0.15, 0.2) is 24.3 Å². The molecule has 19 heavy (non-hydrogen) atoms. The third kappa shape index (κ3) is 3.55. The fourth-order valence-electron chi connectivity index (χ4n) is 2.65. The Morgan fingerprint density at radius 2 is 2.11 bits per heavy atom. The van der Waals surface area contributed by atoms with Crippen LogP contribution in [0.1, 0.15) is 35.2 Å². The summed E-state index contributed by atoms with van der Waals surface area (Å²) >= 11 is 0. The number of aliphatic hydroxyl groups is 1. The van der Waals surface area contributed by atoms with Crippen LogP contribution in [0, 0.1) is 5.92 Å². The first-order valence-electron chi connectivity index (χ1n) is 6.76. The minimum atomic E-state index is -0.310. The van der Waals surface area contributed by atoms with E-state index in [1.165, 1.54) is 13.5 Å². The smallest absolute Gasteiger partial charge is 0.337 e. The van der Waals surface area contributed by atoms with E-state index in [-0.39, 0.29) is 12.6 Å². The maximum Gasteiger partial charge on any atom is 0.337 e. The van der Waals surface area contributed by atoms with Crippen LogP contribution < -0.4 is 5.32 Å². The molecule has 0 radical (unpaired) electrons. The maximum atomic E-state index is 11.3. The van der Waals surface area contributed by atoms with Crippen LogP contribution in [0.3, 0.4) is 0 Å². The van der Waals surface area contributed by atoms with Gasteiger partial charge in [0.1, 0.15) is 0 Å². The molecule has 1 aromatic carbocycles. The van der Waals surface area contributed by atoms with Crippen molar-refractivity contribution >= 4 is 5.97 Å². The predicted molar refractivity (Wildman–Crippen MR) is 72.8 cm³/mol. The molecule has 0 heterocycles. The van der Waals surface area contributed by atoms with Crippen molar-refractivity contribution in [2.24, 2.45) is 5.92 Å². The van der Waals surface area contributed by atoms with Gasteiger partial charge in [0.2, 0.25) is 0 Å². The number of carbonyl (C=O) groups excluding carboxylic acids is 1. The highest BCUT2D eigenvalue weighted by atomic mass is 16.5. The van der Waals surface area contributed by atoms with Crippen LogP contribution in [0.2, 0.25) is 0 Å². The van der Waals surface area contributed by atoms with Gasteiger partial charge in [0, 0.05) is 19.2 Å². The summed E-state index contributed by atoms with van der Waals surface area (Å²) in [6, 6.07) is 7.83. The first-order valence-corrected chi connectivity index (χ1v) is 6.76. The summed E-state index contributed by atoms with van der Waals surface area (Å²) in [5, 5.41) is 12.8. The van der Waals surface area contributed by atoms with Crippen molar-refractivity contribution in [3.8, 4) is 0 Å². The zero-order valence-electron chi connectivity index (χ0n) is 11.3. The lowest BCUT2D eigenvalue weighted by Gasteiger charge is -2.19. The fourth-order valence-corrected chi connectivity index (χ4v) is 2.65. The molecule has 1 aliphatic rings. The number of aliphatic hydroxyl groups excluding tert-OH is 1. The lowest BCUT2D eigenvalue weighted by molar-refractivity contribution is 0.0600. The Bertz CT molecular complexity index is 416. The van der Waals surface area contributed by atoms with Crippen LogP contribution in [-0.4, -0.2) is 30.8 Å². The number of hydrogen-bond donors (Lipinski definition) is 2. The minimum absolute atomic E-state index is 0.263. The SMILES string of the molecule is COC(=O)c1ccc(CN[C@H]2CCC[C@H]2CO)cc1. The van der Waals surface area contributed by atoms with Crippen molar-refractivity contribution in [1.29, 1.82) is 0 Å². The molecular weight excluding hydrogens is 242 g/mol. The van der Waals surface area contributed by atoms with Gasteiger partial charge in [-0.25, -0.2) is 4.79 Å². The molecule has 2 rings (SSSR count). The second-order valence-electron chi connectivity index (χ2n) is 5.05. The van der Waals surface area contributed by atoms with Crippen molar-refractivity contribution in [3.05, 3.63) is 35.4 Å². The van der Waals surface area contributed by atoms with Crippen molar-refractivity contribution in [3.63, 3.8) is 0 Å². The molecule has 1 aromatic rings. The second-order valence-corrected chi connectivity index (χ2v) is 5.05. The van der Waals surface area contributed by atoms with Crippen LogP contribution in [-0.2, 0) is 11.3 Å². The fraction of sp³-hybridized carbons (Fsp3) is 0.533. The molecule has 1 fully saturated rings. The number of rotatable bonds is 5. The van der Waals surface area contributed by atoms with Gasteiger partial charge in [-0.05, 0) is 36.5 Å². The van der Waals surface area contributed by atoms with E-state index >= 15 is 0 Å². The van der Waals surface area contributed by atoms with E-state index in [9.17, 15) is 9.90 Å². The third-order valence-corrected chi connectivity index (χ3v) is 3.84. The van der Waals surface area contributed by atoms with E-state index in [0.717, 1.165) is 24.9 Å². The Balaban J connectivity index is 1.88. The maximum absolute atomic E-state index is 11.3. The highest BCUT2D eigenvalue weighted by Crippen LogP contribution is 2.25. The van der Waals surface area contributed by atoms with Crippen LogP contribution >= 0.6 is 0 Å². The third-order valence-electron chi connectivity index (χ3n) is 3.84. The average Bonchev–Trinajstić information content (AvgIpc) is 2.92. The molecule has 1 aliphatic carbocycles. The minimum Gasteiger partial charge on any atom is -0.465 e. The van der Waals surface area contributed by atoms with E-state index in [4.69, 9.17) is 0 Å². The standard InChI is InChI=1S/C15H21NO3/c1-19-15(18)12-7-5-11(6-8-12)9-16-14-4-2-3-13(14)10-17/h5-8,13-14,16-17H,2-4,9-10H2,1H3/t13-,14-/m0/s1. The quantitative estimate of drug-likeness (QED) is 0.794. The number of esters is 1. The van der Waals surface area contributed by atoms with E-state index in [2.05, 4.69) is 10.1 Å². The highest BCUT2D eigenvalue weighted by Gasteiger charge is 2.25. The van der Waals surface area contributed by atoms with E-state index in [1.54, 1.807) is 12.1 Å². The first-order chi connectivity index (χ1) is 9.24. The van der Waals surface area contributed by atoms with E-state index in [1.807, 2.05) is 12.1 Å². The van der Waals surface area contributed by atoms with Gasteiger partial charge in [0.15, 0.2) is 0 Å². The normalized spacial score (nSPS) is 22.4. The van der Waals surface area contributed by atoms with E-state index < -0.39 is 0 Å². The van der Waals surface area contributed by atoms with Gasteiger partial charge < -0.3 is 15.2 Å². The molecule has 2 atom stereocenters. The summed E-state index contributed by atoms with van der Waals surface area (Å²) in [7, 11) is 1.38. The predicted octanol–water partition coefficient (Wildman–Crippen LogP) is 1.72. The number of carbonyl (C=O) groups is 1. The average molecular weight is 263 g/mol. The Labute approximate surface area is 113 Å². The van der Waals surface area contributed by atoms with E-state index in [0.29, 0.717) is 17.5 Å². The number of benzene rings is 1. The van der Waals surface area contributed by atoms with Gasteiger partial charge in [-0.2, -0.15) is 0 Å². The van der Waals surface area contributed by atoms with Crippen LogP contribution in [0.4, 0.5) is 0 Å². The summed E-state index contributed by atoms with van der Waals surface area (Å²) in [5.41, 5.74) is 1.71. The second kappa shape index (κ2) is 6.68. The molecule has 0 amide bonds. The lowest BCUT2D eigenvalue weighted by Crippen LogP contribution is -2.33. The van der Waals surface area contributed by atoms with Gasteiger partial charge in [-0.15, -0.1) is 0 Å². The molecule has 0 aromatic heterocycles. The molecule has 4 nitrogen and oxygen atoms in total. The van der Waals surface area contributed by atoms with Crippen molar-refractivity contribution in [2.45, 2.75) is 31.8 Å². The molecular formula is C15H21NO3. The van der Waals surface area contributed by atoms with Crippen LogP contribution in [0.25, 0.3) is 0 Å². The molecule has 0 unspecified atom stereocenters. The number of hydrogen-bond acceptors (Lipinski definition) is 4. The summed E-state index contributed by atoms with van der Waals surface area (Å²) in [4.78, 5) is 11.3. The number of ether oxygens (including phenoxy) is 1. The Morgan fingerprint density at radius 3 is 2.74 bits per heavy atom. The molecule has 104 valence electrons. The molecule has 0 bridgehead atoms. The molecule has 0 spiro atoms. The van der Waals surface area contributed by atoms with Crippen LogP contribution in [0.5, 0.6) is 0 Å². The molecule has 2 N–H and O–H groups in total. The highest BCUT2D eigenvalue weighted by molar-refractivity contribution is 5.89. The Kier molecular flexibility index (Phi) is 4.93. The van der Waals surface area contributed by atoms with Gasteiger partial charge in [-0.3, -0.25) is 0 Å².